The number of aromatic amines is 1. The van der Waals surface area contributed by atoms with Gasteiger partial charge in [-0.2, -0.15) is 0 Å². The number of rotatable bonds is 2. The van der Waals surface area contributed by atoms with Crippen LogP contribution in [0.2, 0.25) is 0 Å². The first kappa shape index (κ1) is 10.6. The van der Waals surface area contributed by atoms with Gasteiger partial charge < -0.3 is 10.3 Å². The lowest BCUT2D eigenvalue weighted by molar-refractivity contribution is 0.542. The van der Waals surface area contributed by atoms with Crippen molar-refractivity contribution in [3.8, 4) is 0 Å². The topological polar surface area (TPSA) is 74.8 Å². The van der Waals surface area contributed by atoms with Crippen molar-refractivity contribution in [3.05, 3.63) is 17.7 Å². The fourth-order valence-corrected chi connectivity index (χ4v) is 3.32. The van der Waals surface area contributed by atoms with Crippen LogP contribution in [0.25, 0.3) is 0 Å². The molecule has 0 spiro atoms. The normalized spacial score (nSPS) is 25.3. The summed E-state index contributed by atoms with van der Waals surface area (Å²) in [4.78, 5) is 7.09. The van der Waals surface area contributed by atoms with Gasteiger partial charge in [-0.15, -0.1) is 0 Å². The molecule has 0 aromatic carbocycles. The van der Waals surface area contributed by atoms with Crippen LogP contribution in [0.4, 0.5) is 0 Å². The molecule has 0 saturated carbocycles. The van der Waals surface area contributed by atoms with E-state index in [2.05, 4.69) is 15.3 Å². The molecule has 1 atom stereocenters. The Morgan fingerprint density at radius 1 is 1.60 bits per heavy atom. The molecule has 1 aliphatic heterocycles. The molecule has 1 fully saturated rings. The van der Waals surface area contributed by atoms with E-state index in [9.17, 15) is 8.42 Å². The molecule has 1 saturated heterocycles. The van der Waals surface area contributed by atoms with E-state index in [1.807, 2.05) is 6.92 Å². The zero-order valence-corrected chi connectivity index (χ0v) is 9.47. The molecule has 2 rings (SSSR count). The Kier molecular flexibility index (Phi) is 2.79. The summed E-state index contributed by atoms with van der Waals surface area (Å²) in [6, 6.07) is 0. The van der Waals surface area contributed by atoms with E-state index in [1.165, 1.54) is 0 Å². The lowest BCUT2D eigenvalue weighted by Crippen LogP contribution is -2.45. The zero-order valence-electron chi connectivity index (χ0n) is 8.66. The number of hydrogen-bond acceptors (Lipinski definition) is 4. The first-order chi connectivity index (χ1) is 7.09. The second-order valence-corrected chi connectivity index (χ2v) is 6.27. The first-order valence-corrected chi connectivity index (χ1v) is 6.72. The number of sulfone groups is 1. The summed E-state index contributed by atoms with van der Waals surface area (Å²) in [5.41, 5.74) is 1.81. The standard InChI is InChI=1S/C9H15N3O2S/c1-7-9(12-6-11-7)4-8-5-10-2-3-15(8,13)14/h6,8,10H,2-5H2,1H3,(H,11,12). The fourth-order valence-electron chi connectivity index (χ4n) is 1.78. The van der Waals surface area contributed by atoms with Crippen LogP contribution in [0.15, 0.2) is 6.33 Å². The SMILES string of the molecule is Cc1[nH]cnc1CC1CNCCS1(=O)=O. The summed E-state index contributed by atoms with van der Waals surface area (Å²) in [5.74, 6) is 0.237. The number of hydrogen-bond donors (Lipinski definition) is 2. The number of aromatic nitrogens is 2. The van der Waals surface area contributed by atoms with Crippen molar-refractivity contribution in [3.63, 3.8) is 0 Å². The highest BCUT2D eigenvalue weighted by Crippen LogP contribution is 2.13. The Hall–Kier alpha value is -0.880. The molecule has 1 aromatic rings. The molecule has 2 N–H and O–H groups in total. The van der Waals surface area contributed by atoms with E-state index in [0.29, 0.717) is 19.5 Å². The fraction of sp³-hybridized carbons (Fsp3) is 0.667. The van der Waals surface area contributed by atoms with Crippen molar-refractivity contribution in [1.82, 2.24) is 15.3 Å². The minimum absolute atomic E-state index is 0.237. The summed E-state index contributed by atoms with van der Waals surface area (Å²) in [6.07, 6.45) is 2.11. The maximum atomic E-state index is 11.7. The molecule has 2 heterocycles. The molecule has 5 nitrogen and oxygen atoms in total. The van der Waals surface area contributed by atoms with Crippen molar-refractivity contribution in [2.75, 3.05) is 18.8 Å². The zero-order chi connectivity index (χ0) is 10.9. The van der Waals surface area contributed by atoms with E-state index in [-0.39, 0.29) is 11.0 Å². The Labute approximate surface area is 89.2 Å². The van der Waals surface area contributed by atoms with Crippen molar-refractivity contribution >= 4 is 9.84 Å². The molecule has 0 radical (unpaired) electrons. The molecular weight excluding hydrogens is 214 g/mol. The largest absolute Gasteiger partial charge is 0.348 e. The van der Waals surface area contributed by atoms with Crippen molar-refractivity contribution in [2.24, 2.45) is 0 Å². The summed E-state index contributed by atoms with van der Waals surface area (Å²) < 4.78 is 23.5. The van der Waals surface area contributed by atoms with Gasteiger partial charge in [0.2, 0.25) is 0 Å². The highest BCUT2D eigenvalue weighted by Gasteiger charge is 2.29. The Balaban J connectivity index is 2.15. The molecule has 84 valence electrons. The summed E-state index contributed by atoms with van der Waals surface area (Å²) in [6.45, 7) is 3.01. The number of imidazole rings is 1. The Morgan fingerprint density at radius 2 is 2.40 bits per heavy atom. The second-order valence-electron chi connectivity index (χ2n) is 3.87. The third-order valence-electron chi connectivity index (χ3n) is 2.80. The maximum absolute atomic E-state index is 11.7. The third kappa shape index (κ3) is 2.21. The van der Waals surface area contributed by atoms with Gasteiger partial charge in [-0.3, -0.25) is 0 Å². The smallest absolute Gasteiger partial charge is 0.156 e. The van der Waals surface area contributed by atoms with E-state index in [1.54, 1.807) is 6.33 Å². The van der Waals surface area contributed by atoms with Crippen LogP contribution in [0.3, 0.4) is 0 Å². The molecule has 15 heavy (non-hydrogen) atoms. The summed E-state index contributed by atoms with van der Waals surface area (Å²) in [5, 5.41) is 2.78. The second kappa shape index (κ2) is 3.94. The van der Waals surface area contributed by atoms with Gasteiger partial charge in [0.1, 0.15) is 0 Å². The van der Waals surface area contributed by atoms with E-state index in [4.69, 9.17) is 0 Å². The monoisotopic (exact) mass is 229 g/mol. The highest BCUT2D eigenvalue weighted by molar-refractivity contribution is 7.92. The van der Waals surface area contributed by atoms with Crippen LogP contribution in [0.1, 0.15) is 11.4 Å². The average Bonchev–Trinajstić information content (AvgIpc) is 2.56. The van der Waals surface area contributed by atoms with Gasteiger partial charge in [0.25, 0.3) is 0 Å². The molecule has 1 aromatic heterocycles. The number of H-pyrrole nitrogens is 1. The lowest BCUT2D eigenvalue weighted by Gasteiger charge is -2.22. The molecular formula is C9H15N3O2S. The molecule has 1 unspecified atom stereocenters. The number of nitrogens with zero attached hydrogens (tertiary/aromatic N) is 1. The van der Waals surface area contributed by atoms with Crippen LogP contribution >= 0.6 is 0 Å². The van der Waals surface area contributed by atoms with Gasteiger partial charge in [0.05, 0.1) is 23.0 Å². The quantitative estimate of drug-likeness (QED) is 0.726. The van der Waals surface area contributed by atoms with Crippen molar-refractivity contribution < 1.29 is 8.42 Å². The summed E-state index contributed by atoms with van der Waals surface area (Å²) >= 11 is 0. The van der Waals surface area contributed by atoms with Gasteiger partial charge in [-0.25, -0.2) is 13.4 Å². The molecule has 0 amide bonds. The maximum Gasteiger partial charge on any atom is 0.156 e. The molecule has 6 heteroatoms. The minimum atomic E-state index is -2.93. The Morgan fingerprint density at radius 3 is 3.00 bits per heavy atom. The third-order valence-corrected chi connectivity index (χ3v) is 4.92. The van der Waals surface area contributed by atoms with E-state index < -0.39 is 9.84 Å². The van der Waals surface area contributed by atoms with Gasteiger partial charge in [-0.1, -0.05) is 0 Å². The lowest BCUT2D eigenvalue weighted by atomic mass is 10.2. The van der Waals surface area contributed by atoms with Gasteiger partial charge in [0.15, 0.2) is 9.84 Å². The van der Waals surface area contributed by atoms with Crippen LogP contribution in [-0.2, 0) is 16.3 Å². The van der Waals surface area contributed by atoms with Crippen LogP contribution in [-0.4, -0.2) is 42.5 Å². The van der Waals surface area contributed by atoms with Crippen molar-refractivity contribution in [2.45, 2.75) is 18.6 Å². The highest BCUT2D eigenvalue weighted by atomic mass is 32.2. The predicted molar refractivity (Wildman–Crippen MR) is 57.5 cm³/mol. The number of nitrogens with one attached hydrogen (secondary N) is 2. The number of aryl methyl sites for hydroxylation is 1. The van der Waals surface area contributed by atoms with Gasteiger partial charge in [0, 0.05) is 25.2 Å². The Bertz CT molecular complexity index is 438. The summed E-state index contributed by atoms with van der Waals surface area (Å²) in [7, 11) is -2.93. The minimum Gasteiger partial charge on any atom is -0.348 e. The molecule has 0 bridgehead atoms. The van der Waals surface area contributed by atoms with Crippen molar-refractivity contribution in [1.29, 1.82) is 0 Å². The van der Waals surface area contributed by atoms with Gasteiger partial charge in [-0.05, 0) is 6.92 Å². The predicted octanol–water partition coefficient (Wildman–Crippen LogP) is -0.353. The van der Waals surface area contributed by atoms with E-state index in [0.717, 1.165) is 11.4 Å². The van der Waals surface area contributed by atoms with Crippen LogP contribution < -0.4 is 5.32 Å². The molecule has 1 aliphatic rings. The molecule has 0 aliphatic carbocycles. The van der Waals surface area contributed by atoms with Gasteiger partial charge >= 0.3 is 0 Å². The van der Waals surface area contributed by atoms with Crippen LogP contribution in [0.5, 0.6) is 0 Å². The van der Waals surface area contributed by atoms with Crippen LogP contribution in [0, 0.1) is 6.92 Å². The first-order valence-electron chi connectivity index (χ1n) is 5.01. The van der Waals surface area contributed by atoms with E-state index >= 15 is 0 Å². The average molecular weight is 229 g/mol.